The first kappa shape index (κ1) is 34.0. The van der Waals surface area contributed by atoms with Crippen molar-refractivity contribution in [3.05, 3.63) is 36.2 Å². The molecule has 0 amide bonds. The number of hydrogen-bond acceptors (Lipinski definition) is 11. The number of aliphatic carboxylic acids is 1. The van der Waals surface area contributed by atoms with Crippen molar-refractivity contribution in [2.75, 3.05) is 49.9 Å². The maximum Gasteiger partial charge on any atom is 0.320 e. The predicted molar refractivity (Wildman–Crippen MR) is 182 cm³/mol. The molecule has 1 aliphatic heterocycles. The van der Waals surface area contributed by atoms with Crippen molar-refractivity contribution in [2.24, 2.45) is 5.73 Å². The van der Waals surface area contributed by atoms with Crippen molar-refractivity contribution in [3.63, 3.8) is 0 Å². The molecule has 5 rings (SSSR count). The van der Waals surface area contributed by atoms with Crippen LogP contribution in [0.4, 0.5) is 11.8 Å². The van der Waals surface area contributed by atoms with Gasteiger partial charge in [0.1, 0.15) is 17.6 Å². The van der Waals surface area contributed by atoms with E-state index in [2.05, 4.69) is 42.5 Å². The zero-order chi connectivity index (χ0) is 32.0. The van der Waals surface area contributed by atoms with Crippen LogP contribution in [0.2, 0.25) is 0 Å². The van der Waals surface area contributed by atoms with E-state index in [9.17, 15) is 4.79 Å². The van der Waals surface area contributed by atoms with Gasteiger partial charge in [0, 0.05) is 37.1 Å². The maximum atomic E-state index is 11.0. The average Bonchev–Trinajstić information content (AvgIpc) is 3.54. The van der Waals surface area contributed by atoms with E-state index in [1.807, 2.05) is 29.1 Å². The molecule has 46 heavy (non-hydrogen) atoms. The number of piperidine rings is 1. The minimum atomic E-state index is -0.928. The normalized spacial score (nSPS) is 17.3. The van der Waals surface area contributed by atoms with Gasteiger partial charge in [0.05, 0.1) is 18.3 Å². The largest absolute Gasteiger partial charge is 0.480 e. The molecule has 13 nitrogen and oxygen atoms in total. The van der Waals surface area contributed by atoms with Gasteiger partial charge in [-0.3, -0.25) is 9.48 Å². The number of carbonyl (C=O) groups is 1. The molecule has 2 aromatic heterocycles. The van der Waals surface area contributed by atoms with Gasteiger partial charge in [-0.25, -0.2) is 4.98 Å². The third-order valence-corrected chi connectivity index (χ3v) is 9.16. The Labute approximate surface area is 272 Å². The fourth-order valence-electron chi connectivity index (χ4n) is 6.43. The van der Waals surface area contributed by atoms with E-state index in [0.717, 1.165) is 106 Å². The second-order valence-corrected chi connectivity index (χ2v) is 12.8. The van der Waals surface area contributed by atoms with Crippen molar-refractivity contribution in [3.8, 4) is 0 Å². The van der Waals surface area contributed by atoms with Crippen molar-refractivity contribution >= 4 is 28.6 Å². The molecular weight excluding hydrogens is 582 g/mol. The number of para-hydroxylation sites is 1. The van der Waals surface area contributed by atoms with Crippen LogP contribution >= 0.6 is 0 Å². The third kappa shape index (κ3) is 10.9. The molecule has 1 saturated heterocycles. The summed E-state index contributed by atoms with van der Waals surface area (Å²) in [5.74, 6) is 0.465. The Morgan fingerprint density at radius 2 is 1.76 bits per heavy atom. The minimum absolute atomic E-state index is 0.302. The fourth-order valence-corrected chi connectivity index (χ4v) is 6.43. The number of nitrogens with two attached hydrogens (primary N) is 1. The molecule has 3 aromatic rings. The fraction of sp³-hybridized carbons (Fsp3) is 0.667. The molecule has 2 aliphatic rings. The van der Waals surface area contributed by atoms with Crippen LogP contribution in [0.5, 0.6) is 0 Å². The number of benzene rings is 1. The number of carboxylic acid groups (broad SMARTS) is 1. The van der Waals surface area contributed by atoms with E-state index in [4.69, 9.17) is 20.8 Å². The summed E-state index contributed by atoms with van der Waals surface area (Å²) in [5.41, 5.74) is 7.39. The van der Waals surface area contributed by atoms with Gasteiger partial charge in [-0.1, -0.05) is 36.6 Å². The molecule has 252 valence electrons. The summed E-state index contributed by atoms with van der Waals surface area (Å²) in [4.78, 5) is 23.0. The molecule has 1 aromatic carbocycles. The summed E-state index contributed by atoms with van der Waals surface area (Å²) in [6.07, 6.45) is 14.3. The molecule has 0 radical (unpaired) electrons. The monoisotopic (exact) mass is 635 g/mol. The molecule has 1 aliphatic carbocycles. The first-order valence-corrected chi connectivity index (χ1v) is 17.3. The van der Waals surface area contributed by atoms with Crippen LogP contribution in [-0.2, 0) is 17.9 Å². The van der Waals surface area contributed by atoms with Crippen molar-refractivity contribution in [1.82, 2.24) is 40.5 Å². The van der Waals surface area contributed by atoms with Crippen molar-refractivity contribution in [1.29, 1.82) is 0 Å². The lowest BCUT2D eigenvalue weighted by Crippen LogP contribution is -2.40. The predicted octanol–water partition coefficient (Wildman–Crippen LogP) is 3.19. The lowest BCUT2D eigenvalue weighted by molar-refractivity contribution is -0.138. The molecule has 3 heterocycles. The number of hydrogen-bond donors (Lipinski definition) is 6. The zero-order valence-electron chi connectivity index (χ0n) is 27.2. The standard InChI is InChI=1S/C33H53N11O2/c34-29(32(45)46)12-6-19-43-21-14-26(15-22-43)38-31-28-11-4-5-13-30(28)39-33(40-31)37-23-27-24-44(42-41-27)20-8-17-35-16-7-18-36-25-9-2-1-3-10-25/h4-5,11,13,24-26,29,35-36H,1-3,6-10,12,14-23,34H2,(H,45,46)(H2,37,38,39,40)/t29-/m0/s1. The second-order valence-electron chi connectivity index (χ2n) is 12.8. The highest BCUT2D eigenvalue weighted by Gasteiger charge is 2.21. The summed E-state index contributed by atoms with van der Waals surface area (Å²) in [6, 6.07) is 8.33. The van der Waals surface area contributed by atoms with Gasteiger partial charge in [0.2, 0.25) is 5.95 Å². The molecule has 0 unspecified atom stereocenters. The molecule has 7 N–H and O–H groups in total. The van der Waals surface area contributed by atoms with Gasteiger partial charge in [-0.2, -0.15) is 4.98 Å². The number of aromatic nitrogens is 5. The Kier molecular flexibility index (Phi) is 13.3. The number of fused-ring (bicyclic) bond motifs is 1. The Bertz CT molecular complexity index is 1340. The minimum Gasteiger partial charge on any atom is -0.480 e. The number of carboxylic acids is 1. The van der Waals surface area contributed by atoms with E-state index in [-0.39, 0.29) is 0 Å². The topological polar surface area (TPSA) is 171 Å². The average molecular weight is 636 g/mol. The summed E-state index contributed by atoms with van der Waals surface area (Å²) < 4.78 is 1.91. The van der Waals surface area contributed by atoms with Gasteiger partial charge in [-0.05, 0) is 89.7 Å². The quantitative estimate of drug-likeness (QED) is 0.107. The highest BCUT2D eigenvalue weighted by atomic mass is 16.4. The van der Waals surface area contributed by atoms with Crippen molar-refractivity contribution < 1.29 is 9.90 Å². The summed E-state index contributed by atoms with van der Waals surface area (Å²) in [6.45, 7) is 7.22. The smallest absolute Gasteiger partial charge is 0.320 e. The number of nitrogens with zero attached hydrogens (tertiary/aromatic N) is 6. The number of anilines is 2. The zero-order valence-corrected chi connectivity index (χ0v) is 27.2. The number of likely N-dealkylation sites (tertiary alicyclic amines) is 1. The lowest BCUT2D eigenvalue weighted by Gasteiger charge is -2.33. The van der Waals surface area contributed by atoms with E-state index >= 15 is 0 Å². The molecule has 1 atom stereocenters. The van der Waals surface area contributed by atoms with Gasteiger partial charge in [0.15, 0.2) is 0 Å². The SMILES string of the molecule is N[C@@H](CCCN1CCC(Nc2nc(NCc3cn(CCCNCCCNC4CCCCC4)nn3)nc3ccccc23)CC1)C(=O)O. The van der Waals surface area contributed by atoms with Crippen molar-refractivity contribution in [2.45, 2.75) is 102 Å². The van der Waals surface area contributed by atoms with Crippen LogP contribution in [0, 0.1) is 0 Å². The molecule has 13 heteroatoms. The third-order valence-electron chi connectivity index (χ3n) is 9.16. The van der Waals surface area contributed by atoms with Gasteiger partial charge in [-0.15, -0.1) is 5.10 Å². The Hall–Kier alpha value is -3.39. The van der Waals surface area contributed by atoms with Crippen LogP contribution in [0.25, 0.3) is 10.9 Å². The summed E-state index contributed by atoms with van der Waals surface area (Å²) in [7, 11) is 0. The highest BCUT2D eigenvalue weighted by molar-refractivity contribution is 5.90. The number of nitrogens with one attached hydrogen (secondary N) is 4. The Morgan fingerprint density at radius 3 is 2.59 bits per heavy atom. The number of aryl methyl sites for hydroxylation is 1. The van der Waals surface area contributed by atoms with Gasteiger partial charge in [0.25, 0.3) is 0 Å². The second kappa shape index (κ2) is 18.1. The van der Waals surface area contributed by atoms with E-state index in [1.54, 1.807) is 0 Å². The summed E-state index contributed by atoms with van der Waals surface area (Å²) in [5, 5.41) is 33.0. The van der Waals surface area contributed by atoms with E-state index < -0.39 is 12.0 Å². The van der Waals surface area contributed by atoms with E-state index in [0.29, 0.717) is 25.0 Å². The Morgan fingerprint density at radius 1 is 0.957 bits per heavy atom. The van der Waals surface area contributed by atoms with Gasteiger partial charge < -0.3 is 37.0 Å². The maximum absolute atomic E-state index is 11.0. The molecule has 0 bridgehead atoms. The van der Waals surface area contributed by atoms with Crippen LogP contribution in [0.15, 0.2) is 30.5 Å². The Balaban J connectivity index is 1.02. The van der Waals surface area contributed by atoms with E-state index in [1.165, 1.54) is 32.1 Å². The van der Waals surface area contributed by atoms with Crippen LogP contribution in [-0.4, -0.2) is 98.3 Å². The van der Waals surface area contributed by atoms with Crippen LogP contribution in [0.3, 0.4) is 0 Å². The molecule has 0 spiro atoms. The lowest BCUT2D eigenvalue weighted by atomic mass is 9.95. The highest BCUT2D eigenvalue weighted by Crippen LogP contribution is 2.25. The van der Waals surface area contributed by atoms with Crippen LogP contribution < -0.4 is 27.0 Å². The number of rotatable bonds is 19. The molecule has 2 fully saturated rings. The van der Waals surface area contributed by atoms with Crippen LogP contribution in [0.1, 0.15) is 76.3 Å². The molecular formula is C33H53N11O2. The molecule has 1 saturated carbocycles. The first-order chi connectivity index (χ1) is 22.5. The summed E-state index contributed by atoms with van der Waals surface area (Å²) >= 11 is 0. The first-order valence-electron chi connectivity index (χ1n) is 17.3. The van der Waals surface area contributed by atoms with Gasteiger partial charge >= 0.3 is 5.97 Å².